The summed E-state index contributed by atoms with van der Waals surface area (Å²) in [5, 5.41) is 9.19. The minimum absolute atomic E-state index is 0.870. The molecule has 1 saturated heterocycles. The number of anilines is 1. The van der Waals surface area contributed by atoms with Gasteiger partial charge in [-0.1, -0.05) is 18.3 Å². The second kappa shape index (κ2) is 5.23. The molecule has 0 spiro atoms. The van der Waals surface area contributed by atoms with Gasteiger partial charge in [0.25, 0.3) is 0 Å². The molecule has 0 amide bonds. The fourth-order valence-electron chi connectivity index (χ4n) is 1.80. The van der Waals surface area contributed by atoms with Crippen LogP contribution in [0.1, 0.15) is 13.3 Å². The predicted octanol–water partition coefficient (Wildman–Crippen LogP) is 1.83. The van der Waals surface area contributed by atoms with Crippen LogP contribution in [-0.4, -0.2) is 47.8 Å². The number of rotatable bonds is 2. The molecule has 4 nitrogen and oxygen atoms in total. The molecule has 1 aromatic rings. The number of likely N-dealkylation sites (N-methyl/N-ethyl adjacent to an activating group) is 1. The van der Waals surface area contributed by atoms with Crippen molar-refractivity contribution in [1.29, 1.82) is 0 Å². The summed E-state index contributed by atoms with van der Waals surface area (Å²) in [4.78, 5) is 4.81. The van der Waals surface area contributed by atoms with Gasteiger partial charge in [-0.15, -0.1) is 10.2 Å². The van der Waals surface area contributed by atoms with Crippen LogP contribution in [0.3, 0.4) is 0 Å². The second-order valence-corrected chi connectivity index (χ2v) is 5.84. The number of hydrogen-bond acceptors (Lipinski definition) is 5. The molecule has 1 aliphatic rings. The molecule has 0 aromatic carbocycles. The molecule has 0 unspecified atom stereocenters. The Hall–Kier alpha value is -0.200. The maximum atomic E-state index is 4.16. The first kappa shape index (κ1) is 11.3. The first-order chi connectivity index (χ1) is 7.29. The van der Waals surface area contributed by atoms with Crippen LogP contribution in [0.2, 0.25) is 0 Å². The third-order valence-corrected chi connectivity index (χ3v) is 4.11. The molecule has 15 heavy (non-hydrogen) atoms. The van der Waals surface area contributed by atoms with Gasteiger partial charge in [-0.25, -0.2) is 0 Å². The molecule has 0 atom stereocenters. The van der Waals surface area contributed by atoms with E-state index < -0.39 is 0 Å². The van der Waals surface area contributed by atoms with Crippen molar-refractivity contribution < 1.29 is 0 Å². The van der Waals surface area contributed by atoms with Gasteiger partial charge in [-0.05, 0) is 35.4 Å². The number of hydrogen-bond donors (Lipinski definition) is 0. The average Bonchev–Trinajstić information content (AvgIpc) is 2.54. The summed E-state index contributed by atoms with van der Waals surface area (Å²) in [6.07, 6.45) is 1.21. The molecular weight excluding hydrogens is 276 g/mol. The fourth-order valence-corrected chi connectivity index (χ4v) is 2.94. The Kier molecular flexibility index (Phi) is 3.93. The summed E-state index contributed by atoms with van der Waals surface area (Å²) in [5.41, 5.74) is 0. The summed E-state index contributed by atoms with van der Waals surface area (Å²) in [5.74, 6) is 0. The molecule has 0 radical (unpaired) electrons. The zero-order valence-corrected chi connectivity index (χ0v) is 11.2. The van der Waals surface area contributed by atoms with Gasteiger partial charge in [0.15, 0.2) is 3.92 Å². The average molecular weight is 291 g/mol. The largest absolute Gasteiger partial charge is 0.345 e. The Morgan fingerprint density at radius 3 is 2.80 bits per heavy atom. The summed E-state index contributed by atoms with van der Waals surface area (Å²) in [7, 11) is 0. The van der Waals surface area contributed by atoms with E-state index in [1.54, 1.807) is 11.3 Å². The predicted molar refractivity (Wildman–Crippen MR) is 66.6 cm³/mol. The summed E-state index contributed by atoms with van der Waals surface area (Å²) in [6, 6.07) is 0. The number of halogens is 1. The molecule has 1 fully saturated rings. The molecule has 2 heterocycles. The van der Waals surface area contributed by atoms with Crippen molar-refractivity contribution in [3.8, 4) is 0 Å². The SMILES string of the molecule is CCN1CCCN(c2nnc(Br)s2)CC1. The van der Waals surface area contributed by atoms with Crippen LogP contribution in [-0.2, 0) is 0 Å². The molecule has 0 bridgehead atoms. The van der Waals surface area contributed by atoms with Gasteiger partial charge in [-0.3, -0.25) is 0 Å². The quantitative estimate of drug-likeness (QED) is 0.832. The first-order valence-corrected chi connectivity index (χ1v) is 6.87. The summed E-state index contributed by atoms with van der Waals surface area (Å²) < 4.78 is 0.870. The van der Waals surface area contributed by atoms with Gasteiger partial charge in [0.2, 0.25) is 5.13 Å². The lowest BCUT2D eigenvalue weighted by molar-refractivity contribution is 0.310. The highest BCUT2D eigenvalue weighted by atomic mass is 79.9. The molecule has 0 N–H and O–H groups in total. The monoisotopic (exact) mass is 290 g/mol. The van der Waals surface area contributed by atoms with Gasteiger partial charge >= 0.3 is 0 Å². The Bertz CT molecular complexity index is 317. The summed E-state index contributed by atoms with van der Waals surface area (Å²) >= 11 is 4.97. The van der Waals surface area contributed by atoms with E-state index in [1.165, 1.54) is 13.0 Å². The molecule has 6 heteroatoms. The Morgan fingerprint density at radius 1 is 1.27 bits per heavy atom. The van der Waals surface area contributed by atoms with E-state index in [0.29, 0.717) is 0 Å². The Labute approximate surface area is 102 Å². The van der Waals surface area contributed by atoms with Gasteiger partial charge in [-0.2, -0.15) is 0 Å². The van der Waals surface area contributed by atoms with Crippen molar-refractivity contribution in [2.75, 3.05) is 37.6 Å². The van der Waals surface area contributed by atoms with Crippen LogP contribution in [0.25, 0.3) is 0 Å². The van der Waals surface area contributed by atoms with E-state index in [9.17, 15) is 0 Å². The van der Waals surface area contributed by atoms with Crippen LogP contribution in [0.4, 0.5) is 5.13 Å². The minimum Gasteiger partial charge on any atom is -0.345 e. The third kappa shape index (κ3) is 2.89. The van der Waals surface area contributed by atoms with Crippen molar-refractivity contribution >= 4 is 32.4 Å². The van der Waals surface area contributed by atoms with E-state index >= 15 is 0 Å². The zero-order chi connectivity index (χ0) is 10.7. The van der Waals surface area contributed by atoms with E-state index in [1.807, 2.05) is 0 Å². The van der Waals surface area contributed by atoms with Gasteiger partial charge in [0.05, 0.1) is 0 Å². The van der Waals surface area contributed by atoms with Crippen LogP contribution in [0, 0.1) is 0 Å². The lowest BCUT2D eigenvalue weighted by Crippen LogP contribution is -2.30. The lowest BCUT2D eigenvalue weighted by atomic mass is 10.4. The molecule has 84 valence electrons. The van der Waals surface area contributed by atoms with E-state index in [0.717, 1.165) is 35.2 Å². The smallest absolute Gasteiger partial charge is 0.209 e. The van der Waals surface area contributed by atoms with Gasteiger partial charge in [0.1, 0.15) is 0 Å². The lowest BCUT2D eigenvalue weighted by Gasteiger charge is -2.19. The second-order valence-electron chi connectivity index (χ2n) is 3.61. The standard InChI is InChI=1S/C9H15BrN4S/c1-2-13-4-3-5-14(7-6-13)9-12-11-8(10)15-9/h2-7H2,1H3. The fraction of sp³-hybridized carbons (Fsp3) is 0.778. The van der Waals surface area contributed by atoms with E-state index in [4.69, 9.17) is 0 Å². The van der Waals surface area contributed by atoms with Gasteiger partial charge < -0.3 is 9.80 Å². The Morgan fingerprint density at radius 2 is 2.13 bits per heavy atom. The number of aromatic nitrogens is 2. The molecular formula is C9H15BrN4S. The highest BCUT2D eigenvalue weighted by molar-refractivity contribution is 9.11. The molecule has 1 aromatic heterocycles. The van der Waals surface area contributed by atoms with E-state index in [2.05, 4.69) is 42.9 Å². The third-order valence-electron chi connectivity index (χ3n) is 2.70. The van der Waals surface area contributed by atoms with Crippen molar-refractivity contribution in [3.05, 3.63) is 3.92 Å². The molecule has 1 aliphatic heterocycles. The van der Waals surface area contributed by atoms with Crippen LogP contribution in [0.5, 0.6) is 0 Å². The van der Waals surface area contributed by atoms with Crippen LogP contribution < -0.4 is 4.90 Å². The van der Waals surface area contributed by atoms with Crippen LogP contribution >= 0.6 is 27.3 Å². The topological polar surface area (TPSA) is 32.3 Å². The summed E-state index contributed by atoms with van der Waals surface area (Å²) in [6.45, 7) is 7.86. The minimum atomic E-state index is 0.870. The highest BCUT2D eigenvalue weighted by Crippen LogP contribution is 2.24. The maximum absolute atomic E-state index is 4.16. The molecule has 2 rings (SSSR count). The number of nitrogens with zero attached hydrogens (tertiary/aromatic N) is 4. The maximum Gasteiger partial charge on any atom is 0.209 e. The van der Waals surface area contributed by atoms with E-state index in [-0.39, 0.29) is 0 Å². The highest BCUT2D eigenvalue weighted by Gasteiger charge is 2.16. The normalized spacial score (nSPS) is 19.2. The zero-order valence-electron chi connectivity index (χ0n) is 8.82. The first-order valence-electron chi connectivity index (χ1n) is 5.26. The Balaban J connectivity index is 1.99. The van der Waals surface area contributed by atoms with Crippen molar-refractivity contribution in [1.82, 2.24) is 15.1 Å². The van der Waals surface area contributed by atoms with Crippen molar-refractivity contribution in [3.63, 3.8) is 0 Å². The van der Waals surface area contributed by atoms with Gasteiger partial charge in [0, 0.05) is 19.6 Å². The molecule has 0 aliphatic carbocycles. The van der Waals surface area contributed by atoms with Crippen molar-refractivity contribution in [2.24, 2.45) is 0 Å². The van der Waals surface area contributed by atoms with Crippen molar-refractivity contribution in [2.45, 2.75) is 13.3 Å². The van der Waals surface area contributed by atoms with Crippen LogP contribution in [0.15, 0.2) is 3.92 Å². The molecule has 0 saturated carbocycles.